The first kappa shape index (κ1) is 24.4. The molecule has 0 spiro atoms. The van der Waals surface area contributed by atoms with Crippen molar-refractivity contribution in [3.8, 4) is 22.9 Å². The van der Waals surface area contributed by atoms with E-state index in [0.29, 0.717) is 36.4 Å². The maximum atomic E-state index is 12.6. The number of allylic oxidation sites excluding steroid dienone is 1. The molecule has 0 bridgehead atoms. The van der Waals surface area contributed by atoms with Gasteiger partial charge in [-0.3, -0.25) is 9.36 Å². The lowest BCUT2D eigenvalue weighted by molar-refractivity contribution is -0.113. The van der Waals surface area contributed by atoms with Crippen LogP contribution in [0.15, 0.2) is 66.3 Å². The first-order valence-electron chi connectivity index (χ1n) is 11.1. The number of carbonyl (C=O) groups is 1. The second-order valence-corrected chi connectivity index (χ2v) is 8.14. The Morgan fingerprint density at radius 3 is 2.64 bits per heavy atom. The second-order valence-electron chi connectivity index (χ2n) is 7.20. The highest BCUT2D eigenvalue weighted by Crippen LogP contribution is 2.27. The fourth-order valence-corrected chi connectivity index (χ4v) is 3.85. The van der Waals surface area contributed by atoms with Gasteiger partial charge in [-0.2, -0.15) is 0 Å². The lowest BCUT2D eigenvalue weighted by atomic mass is 10.2. The normalized spacial score (nSPS) is 10.6. The van der Waals surface area contributed by atoms with Gasteiger partial charge in [0, 0.05) is 12.1 Å². The molecule has 0 unspecified atom stereocenters. The molecule has 1 amide bonds. The highest BCUT2D eigenvalue weighted by atomic mass is 32.2. The lowest BCUT2D eigenvalue weighted by Crippen LogP contribution is -2.15. The van der Waals surface area contributed by atoms with Gasteiger partial charge >= 0.3 is 0 Å². The molecule has 0 aliphatic rings. The minimum atomic E-state index is -0.143. The molecule has 0 radical (unpaired) electrons. The Morgan fingerprint density at radius 2 is 1.91 bits per heavy atom. The number of aromatic nitrogens is 3. The number of hydrogen-bond acceptors (Lipinski definition) is 6. The van der Waals surface area contributed by atoms with Crippen LogP contribution in [0.5, 0.6) is 11.5 Å². The highest BCUT2D eigenvalue weighted by molar-refractivity contribution is 7.99. The van der Waals surface area contributed by atoms with Crippen LogP contribution in [0.4, 0.5) is 5.69 Å². The monoisotopic (exact) mass is 466 g/mol. The number of carbonyl (C=O) groups excluding carboxylic acids is 1. The van der Waals surface area contributed by atoms with Crippen LogP contribution in [-0.2, 0) is 11.3 Å². The number of benzene rings is 2. The van der Waals surface area contributed by atoms with Crippen LogP contribution in [0.2, 0.25) is 0 Å². The molecule has 1 aromatic heterocycles. The van der Waals surface area contributed by atoms with Gasteiger partial charge in [-0.25, -0.2) is 0 Å². The third-order valence-corrected chi connectivity index (χ3v) is 5.67. The number of thioether (sulfide) groups is 1. The summed E-state index contributed by atoms with van der Waals surface area (Å²) < 4.78 is 13.3. The molecular weight excluding hydrogens is 436 g/mol. The molecule has 3 rings (SSSR count). The lowest BCUT2D eigenvalue weighted by Gasteiger charge is -2.11. The van der Waals surface area contributed by atoms with E-state index < -0.39 is 0 Å². The standard InChI is InChI=1S/C25H30N4O3S/c1-4-7-17-32-20-14-12-19(13-15-20)24-27-28-25(29(24)16-5-2)33-18-23(30)26-21-10-8-9-11-22(21)31-6-3/h5,8-15H,2,4,6-7,16-18H2,1,3H3,(H,26,30). The fraction of sp³-hybridized carbons (Fsp3) is 0.320. The van der Waals surface area contributed by atoms with Crippen molar-refractivity contribution in [2.45, 2.75) is 38.4 Å². The molecule has 33 heavy (non-hydrogen) atoms. The third kappa shape index (κ3) is 6.86. The van der Waals surface area contributed by atoms with E-state index >= 15 is 0 Å². The number of unbranched alkanes of at least 4 members (excludes halogenated alkanes) is 1. The molecule has 0 saturated carbocycles. The Labute approximate surface area is 199 Å². The summed E-state index contributed by atoms with van der Waals surface area (Å²) in [5.41, 5.74) is 1.58. The van der Waals surface area contributed by atoms with Gasteiger partial charge in [0.05, 0.1) is 24.7 Å². The molecule has 0 aliphatic heterocycles. The molecule has 0 aliphatic carbocycles. The van der Waals surface area contributed by atoms with Gasteiger partial charge in [-0.1, -0.05) is 43.3 Å². The Morgan fingerprint density at radius 1 is 1.12 bits per heavy atom. The average molecular weight is 467 g/mol. The van der Waals surface area contributed by atoms with Crippen LogP contribution in [0.1, 0.15) is 26.7 Å². The number of ether oxygens (including phenoxy) is 2. The predicted octanol–water partition coefficient (Wildman–Crippen LogP) is 5.44. The molecule has 8 heteroatoms. The minimum absolute atomic E-state index is 0.143. The third-order valence-electron chi connectivity index (χ3n) is 4.70. The zero-order valence-corrected chi connectivity index (χ0v) is 19.9. The van der Waals surface area contributed by atoms with E-state index in [1.807, 2.05) is 60.0 Å². The topological polar surface area (TPSA) is 78.3 Å². The molecule has 7 nitrogen and oxygen atoms in total. The van der Waals surface area contributed by atoms with Crippen molar-refractivity contribution >= 4 is 23.4 Å². The Balaban J connectivity index is 1.67. The van der Waals surface area contributed by atoms with Crippen LogP contribution in [0.3, 0.4) is 0 Å². The zero-order chi connectivity index (χ0) is 23.5. The second kappa shape index (κ2) is 12.7. The summed E-state index contributed by atoms with van der Waals surface area (Å²) in [6, 6.07) is 15.2. The Bertz CT molecular complexity index is 1050. The molecule has 3 aromatic rings. The van der Waals surface area contributed by atoms with Crippen LogP contribution >= 0.6 is 11.8 Å². The molecule has 174 valence electrons. The maximum absolute atomic E-state index is 12.6. The summed E-state index contributed by atoms with van der Waals surface area (Å²) in [5.74, 6) is 2.26. The van der Waals surface area contributed by atoms with Crippen molar-refractivity contribution in [1.29, 1.82) is 0 Å². The van der Waals surface area contributed by atoms with Crippen LogP contribution in [0, 0.1) is 0 Å². The number of nitrogens with zero attached hydrogens (tertiary/aromatic N) is 3. The first-order chi connectivity index (χ1) is 16.2. The van der Waals surface area contributed by atoms with Gasteiger partial charge in [0.15, 0.2) is 11.0 Å². The number of hydrogen-bond donors (Lipinski definition) is 1. The van der Waals surface area contributed by atoms with Gasteiger partial charge in [-0.15, -0.1) is 16.8 Å². The van der Waals surface area contributed by atoms with Crippen molar-refractivity contribution in [2.75, 3.05) is 24.3 Å². The van der Waals surface area contributed by atoms with Gasteiger partial charge in [0.1, 0.15) is 11.5 Å². The predicted molar refractivity (Wildman–Crippen MR) is 133 cm³/mol. The zero-order valence-electron chi connectivity index (χ0n) is 19.1. The Kier molecular flexibility index (Phi) is 9.38. The average Bonchev–Trinajstić information content (AvgIpc) is 3.22. The van der Waals surface area contributed by atoms with Gasteiger partial charge < -0.3 is 14.8 Å². The van der Waals surface area contributed by atoms with Gasteiger partial charge in [0.2, 0.25) is 5.91 Å². The van der Waals surface area contributed by atoms with Crippen LogP contribution in [-0.4, -0.2) is 39.6 Å². The number of nitrogens with one attached hydrogen (secondary N) is 1. The van der Waals surface area contributed by atoms with Gasteiger partial charge in [-0.05, 0) is 49.7 Å². The molecule has 0 atom stereocenters. The van der Waals surface area contributed by atoms with E-state index in [1.54, 1.807) is 6.08 Å². The Hall–Kier alpha value is -3.26. The van der Waals surface area contributed by atoms with E-state index in [4.69, 9.17) is 9.47 Å². The number of rotatable bonds is 13. The summed E-state index contributed by atoms with van der Waals surface area (Å²) in [4.78, 5) is 12.6. The van der Waals surface area contributed by atoms with Crippen LogP contribution < -0.4 is 14.8 Å². The fourth-order valence-electron chi connectivity index (χ4n) is 3.10. The van der Waals surface area contributed by atoms with E-state index in [2.05, 4.69) is 29.0 Å². The summed E-state index contributed by atoms with van der Waals surface area (Å²) in [7, 11) is 0. The van der Waals surface area contributed by atoms with E-state index in [-0.39, 0.29) is 11.7 Å². The minimum Gasteiger partial charge on any atom is -0.494 e. The van der Waals surface area contributed by atoms with Crippen molar-refractivity contribution in [1.82, 2.24) is 14.8 Å². The number of amides is 1. The molecule has 0 fully saturated rings. The SMILES string of the molecule is C=CCn1c(SCC(=O)Nc2ccccc2OCC)nnc1-c1ccc(OCCCC)cc1. The summed E-state index contributed by atoms with van der Waals surface area (Å²) in [6.07, 6.45) is 3.92. The van der Waals surface area contributed by atoms with Crippen molar-refractivity contribution < 1.29 is 14.3 Å². The quantitative estimate of drug-likeness (QED) is 0.205. The van der Waals surface area contributed by atoms with E-state index in [0.717, 1.165) is 30.0 Å². The molecule has 2 aromatic carbocycles. The number of anilines is 1. The van der Waals surface area contributed by atoms with Crippen molar-refractivity contribution in [2.24, 2.45) is 0 Å². The molecule has 1 heterocycles. The summed E-state index contributed by atoms with van der Waals surface area (Å²) >= 11 is 1.33. The van der Waals surface area contributed by atoms with E-state index in [1.165, 1.54) is 11.8 Å². The molecule has 0 saturated heterocycles. The van der Waals surface area contributed by atoms with Crippen molar-refractivity contribution in [3.63, 3.8) is 0 Å². The smallest absolute Gasteiger partial charge is 0.234 e. The largest absolute Gasteiger partial charge is 0.494 e. The van der Waals surface area contributed by atoms with E-state index in [9.17, 15) is 4.79 Å². The highest BCUT2D eigenvalue weighted by Gasteiger charge is 2.16. The maximum Gasteiger partial charge on any atom is 0.234 e. The first-order valence-corrected chi connectivity index (χ1v) is 12.1. The molecular formula is C25H30N4O3S. The molecule has 1 N–H and O–H groups in total. The van der Waals surface area contributed by atoms with Crippen molar-refractivity contribution in [3.05, 3.63) is 61.2 Å². The number of para-hydroxylation sites is 2. The summed E-state index contributed by atoms with van der Waals surface area (Å²) in [5, 5.41) is 12.2. The van der Waals surface area contributed by atoms with Gasteiger partial charge in [0.25, 0.3) is 0 Å². The summed E-state index contributed by atoms with van der Waals surface area (Å²) in [6.45, 7) is 9.67. The van der Waals surface area contributed by atoms with Crippen LogP contribution in [0.25, 0.3) is 11.4 Å².